The van der Waals surface area contributed by atoms with Crippen LogP contribution in [-0.2, 0) is 12.8 Å². The van der Waals surface area contributed by atoms with Crippen LogP contribution in [-0.4, -0.2) is 12.5 Å². The van der Waals surface area contributed by atoms with Crippen molar-refractivity contribution in [1.82, 2.24) is 0 Å². The summed E-state index contributed by atoms with van der Waals surface area (Å²) in [5.41, 5.74) is 6.52. The molecule has 2 unspecified atom stereocenters. The number of aryl methyl sites for hydroxylation is 2. The van der Waals surface area contributed by atoms with Crippen molar-refractivity contribution in [2.45, 2.75) is 36.2 Å². The Bertz CT molecular complexity index is 614. The molecule has 0 heterocycles. The summed E-state index contributed by atoms with van der Waals surface area (Å²) in [5, 5.41) is 1.59. The average Bonchev–Trinajstić information content (AvgIpc) is 3.12. The molecule has 2 aliphatic rings. The molecule has 2 aromatic rings. The molecule has 0 N–H and O–H groups in total. The van der Waals surface area contributed by atoms with E-state index in [4.69, 9.17) is 0 Å². The Labute approximate surface area is 129 Å². The van der Waals surface area contributed by atoms with Crippen molar-refractivity contribution in [3.05, 3.63) is 70.8 Å². The first-order valence-electron chi connectivity index (χ1n) is 8.04. The van der Waals surface area contributed by atoms with Gasteiger partial charge in [0, 0.05) is 10.5 Å². The molecule has 0 nitrogen and oxygen atoms in total. The van der Waals surface area contributed by atoms with E-state index in [0.29, 0.717) is 0 Å². The highest BCUT2D eigenvalue weighted by Crippen LogP contribution is 2.70. The molecule has 0 radical (unpaired) electrons. The predicted molar refractivity (Wildman–Crippen MR) is 94.4 cm³/mol. The van der Waals surface area contributed by atoms with Gasteiger partial charge in [-0.2, -0.15) is 0 Å². The van der Waals surface area contributed by atoms with E-state index < -0.39 is 10.0 Å². The molecular weight excluding hydrogens is 272 g/mol. The van der Waals surface area contributed by atoms with Crippen LogP contribution in [0.1, 0.15) is 45.6 Å². The number of hydrogen-bond acceptors (Lipinski definition) is 0. The van der Waals surface area contributed by atoms with Crippen LogP contribution in [0.4, 0.5) is 0 Å². The first-order valence-corrected chi connectivity index (χ1v) is 10.6. The Morgan fingerprint density at radius 1 is 0.714 bits per heavy atom. The molecule has 0 aliphatic heterocycles. The van der Waals surface area contributed by atoms with Gasteiger partial charge in [-0.25, -0.2) is 10.0 Å². The fourth-order valence-electron chi connectivity index (χ4n) is 4.50. The van der Waals surface area contributed by atoms with E-state index in [1.807, 2.05) is 0 Å². The van der Waals surface area contributed by atoms with Crippen molar-refractivity contribution in [2.24, 2.45) is 0 Å². The predicted octanol–water partition coefficient (Wildman–Crippen LogP) is 5.43. The third-order valence-corrected chi connectivity index (χ3v) is 9.53. The van der Waals surface area contributed by atoms with Crippen LogP contribution in [0.3, 0.4) is 0 Å². The lowest BCUT2D eigenvalue weighted by Crippen LogP contribution is -2.13. The van der Waals surface area contributed by atoms with Gasteiger partial charge in [0.15, 0.2) is 0 Å². The maximum absolute atomic E-state index is 2.59. The summed E-state index contributed by atoms with van der Waals surface area (Å²) in [6, 6.07) is 18.3. The Kier molecular flexibility index (Phi) is 3.15. The van der Waals surface area contributed by atoms with Crippen molar-refractivity contribution in [1.29, 1.82) is 0 Å². The lowest BCUT2D eigenvalue weighted by Gasteiger charge is -2.44. The van der Waals surface area contributed by atoms with Crippen LogP contribution in [0.2, 0.25) is 0 Å². The van der Waals surface area contributed by atoms with E-state index >= 15 is 0 Å². The molecule has 4 rings (SSSR count). The Morgan fingerprint density at radius 2 is 1.14 bits per heavy atom. The smallest absolute Gasteiger partial charge is 0.0146 e. The number of fused-ring (bicyclic) bond motifs is 2. The fraction of sp³-hybridized carbons (Fsp3) is 0.400. The van der Waals surface area contributed by atoms with Crippen molar-refractivity contribution in [2.75, 3.05) is 12.5 Å². The van der Waals surface area contributed by atoms with E-state index in [-0.39, 0.29) is 0 Å². The highest BCUT2D eigenvalue weighted by Gasteiger charge is 2.40. The van der Waals surface area contributed by atoms with Gasteiger partial charge in [0.1, 0.15) is 0 Å². The zero-order valence-electron chi connectivity index (χ0n) is 13.0. The highest BCUT2D eigenvalue weighted by atomic mass is 32.3. The Balaban J connectivity index is 1.73. The molecule has 0 amide bonds. The Morgan fingerprint density at radius 3 is 1.62 bits per heavy atom. The normalized spacial score (nSPS) is 24.7. The van der Waals surface area contributed by atoms with E-state index in [1.54, 1.807) is 22.3 Å². The first kappa shape index (κ1) is 13.5. The monoisotopic (exact) mass is 296 g/mol. The third-order valence-electron chi connectivity index (χ3n) is 5.62. The van der Waals surface area contributed by atoms with Gasteiger partial charge in [0.05, 0.1) is 0 Å². The minimum absolute atomic E-state index is 0.665. The maximum atomic E-state index is 2.59. The third kappa shape index (κ3) is 2.05. The molecule has 1 heteroatoms. The second-order valence-electron chi connectivity index (χ2n) is 6.94. The molecule has 0 bridgehead atoms. The van der Waals surface area contributed by atoms with Gasteiger partial charge in [-0.05, 0) is 60.4 Å². The summed E-state index contributed by atoms with van der Waals surface area (Å²) in [6.07, 6.45) is 10.5. The standard InChI is InChI=1S/C20H24S/c1-21(2,19-13-11-15-7-3-5-9-17(15)19)20-14-12-16-8-4-6-10-18(16)20/h3-10,19-20H,11-14H2,1-2H3. The van der Waals surface area contributed by atoms with E-state index in [1.165, 1.54) is 25.7 Å². The molecule has 2 aromatic carbocycles. The quantitative estimate of drug-likeness (QED) is 0.693. The van der Waals surface area contributed by atoms with Gasteiger partial charge >= 0.3 is 0 Å². The van der Waals surface area contributed by atoms with Gasteiger partial charge in [0.2, 0.25) is 0 Å². The number of benzene rings is 2. The highest BCUT2D eigenvalue weighted by molar-refractivity contribution is 8.33. The molecule has 2 aliphatic carbocycles. The van der Waals surface area contributed by atoms with Crippen molar-refractivity contribution in [3.63, 3.8) is 0 Å². The van der Waals surface area contributed by atoms with Crippen LogP contribution in [0.15, 0.2) is 48.5 Å². The van der Waals surface area contributed by atoms with Gasteiger partial charge in [0.25, 0.3) is 0 Å². The zero-order chi connectivity index (χ0) is 14.4. The first-order chi connectivity index (χ1) is 10.2. The van der Waals surface area contributed by atoms with Crippen LogP contribution in [0, 0.1) is 0 Å². The lowest BCUT2D eigenvalue weighted by molar-refractivity contribution is 0.833. The topological polar surface area (TPSA) is 0 Å². The minimum Gasteiger partial charge on any atom is -0.233 e. The molecule has 0 spiro atoms. The molecule has 0 aromatic heterocycles. The van der Waals surface area contributed by atoms with Gasteiger partial charge in [-0.15, -0.1) is 0 Å². The molecule has 0 saturated heterocycles. The molecule has 0 saturated carbocycles. The minimum atomic E-state index is -0.665. The second-order valence-corrected chi connectivity index (χ2v) is 11.1. The zero-order valence-corrected chi connectivity index (χ0v) is 13.8. The molecule has 21 heavy (non-hydrogen) atoms. The van der Waals surface area contributed by atoms with Crippen molar-refractivity contribution in [3.8, 4) is 0 Å². The van der Waals surface area contributed by atoms with Crippen molar-refractivity contribution < 1.29 is 0 Å². The second kappa shape index (κ2) is 4.91. The van der Waals surface area contributed by atoms with E-state index in [2.05, 4.69) is 61.0 Å². The largest absolute Gasteiger partial charge is 0.233 e. The molecule has 2 atom stereocenters. The fourth-order valence-corrected chi connectivity index (χ4v) is 8.11. The lowest BCUT2D eigenvalue weighted by atomic mass is 10.1. The summed E-state index contributed by atoms with van der Waals surface area (Å²) in [4.78, 5) is 0. The Hall–Kier alpha value is -1.21. The molecular formula is C20H24S. The van der Waals surface area contributed by atoms with E-state index in [0.717, 1.165) is 10.5 Å². The van der Waals surface area contributed by atoms with Crippen LogP contribution in [0.5, 0.6) is 0 Å². The van der Waals surface area contributed by atoms with Gasteiger partial charge in [-0.1, -0.05) is 48.5 Å². The van der Waals surface area contributed by atoms with E-state index in [9.17, 15) is 0 Å². The molecule has 110 valence electrons. The summed E-state index contributed by atoms with van der Waals surface area (Å²) >= 11 is 0. The van der Waals surface area contributed by atoms with Crippen LogP contribution in [0.25, 0.3) is 0 Å². The van der Waals surface area contributed by atoms with Crippen molar-refractivity contribution >= 4 is 10.0 Å². The average molecular weight is 296 g/mol. The molecule has 0 fully saturated rings. The number of rotatable bonds is 2. The van der Waals surface area contributed by atoms with Crippen LogP contribution >= 0.6 is 10.0 Å². The summed E-state index contributed by atoms with van der Waals surface area (Å²) < 4.78 is 0. The summed E-state index contributed by atoms with van der Waals surface area (Å²) in [7, 11) is -0.665. The van der Waals surface area contributed by atoms with Gasteiger partial charge < -0.3 is 0 Å². The summed E-state index contributed by atoms with van der Waals surface area (Å²) in [6.45, 7) is 0. The van der Waals surface area contributed by atoms with Gasteiger partial charge in [-0.3, -0.25) is 0 Å². The SMILES string of the molecule is CS(C)(C1CCc2ccccc21)C1CCc2ccccc21. The van der Waals surface area contributed by atoms with Crippen LogP contribution < -0.4 is 0 Å². The maximum Gasteiger partial charge on any atom is 0.0146 e. The summed E-state index contributed by atoms with van der Waals surface area (Å²) in [5.74, 6) is 0. The number of hydrogen-bond donors (Lipinski definition) is 0.